The fourth-order valence-electron chi connectivity index (χ4n) is 3.79. The van der Waals surface area contributed by atoms with Gasteiger partial charge in [-0.2, -0.15) is 0 Å². The third-order valence-electron chi connectivity index (χ3n) is 5.67. The largest absolute Gasteiger partial charge is 0.497 e. The van der Waals surface area contributed by atoms with E-state index in [0.717, 1.165) is 24.9 Å². The topological polar surface area (TPSA) is 84.9 Å². The first-order valence-electron chi connectivity index (χ1n) is 10.6. The highest BCUT2D eigenvalue weighted by Crippen LogP contribution is 2.26. The van der Waals surface area contributed by atoms with E-state index in [1.165, 1.54) is 41.7 Å². The molecule has 3 aromatic carbocycles. The number of hydrogen-bond donors (Lipinski definition) is 1. The zero-order valence-electron chi connectivity index (χ0n) is 18.6. The number of benzene rings is 3. The van der Waals surface area contributed by atoms with E-state index in [1.54, 1.807) is 36.4 Å². The highest BCUT2D eigenvalue weighted by atomic mass is 32.2. The Balaban J connectivity index is 1.35. The van der Waals surface area contributed by atoms with Gasteiger partial charge in [0.15, 0.2) is 6.61 Å². The van der Waals surface area contributed by atoms with Crippen LogP contribution in [0.1, 0.15) is 17.5 Å². The Kier molecular flexibility index (Phi) is 6.55. The lowest BCUT2D eigenvalue weighted by Crippen LogP contribution is -2.26. The number of aryl methyl sites for hydroxylation is 2. The van der Waals surface area contributed by atoms with Gasteiger partial charge in [0.2, 0.25) is 0 Å². The lowest BCUT2D eigenvalue weighted by Gasteiger charge is -2.20. The molecule has 1 aliphatic carbocycles. The highest BCUT2D eigenvalue weighted by molar-refractivity contribution is 7.92. The van der Waals surface area contributed by atoms with E-state index in [2.05, 4.69) is 11.4 Å². The molecule has 7 nitrogen and oxygen atoms in total. The molecular formula is C25H26N2O5S. The first kappa shape index (κ1) is 22.7. The summed E-state index contributed by atoms with van der Waals surface area (Å²) >= 11 is 0. The summed E-state index contributed by atoms with van der Waals surface area (Å²) in [6, 6.07) is 18.7. The number of nitrogens with zero attached hydrogens (tertiary/aromatic N) is 1. The summed E-state index contributed by atoms with van der Waals surface area (Å²) in [5, 5.41) is 2.86. The zero-order valence-corrected chi connectivity index (χ0v) is 19.4. The quantitative estimate of drug-likeness (QED) is 0.542. The number of anilines is 2. The Morgan fingerprint density at radius 2 is 1.61 bits per heavy atom. The molecule has 0 bridgehead atoms. The first-order chi connectivity index (χ1) is 15.9. The monoisotopic (exact) mass is 466 g/mol. The van der Waals surface area contributed by atoms with Gasteiger partial charge in [-0.05, 0) is 91.1 Å². The van der Waals surface area contributed by atoms with Crippen LogP contribution < -0.4 is 19.1 Å². The van der Waals surface area contributed by atoms with Crippen LogP contribution in [0, 0.1) is 0 Å². The minimum absolute atomic E-state index is 0.142. The molecule has 3 aromatic rings. The molecule has 0 unspecified atom stereocenters. The van der Waals surface area contributed by atoms with Gasteiger partial charge in [-0.15, -0.1) is 0 Å². The van der Waals surface area contributed by atoms with Gasteiger partial charge < -0.3 is 14.8 Å². The standard InChI is InChI=1S/C25H26N2O5S/c1-27(33(29,30)24-14-12-22(31-2)13-15-24)21-8-10-23(11-9-21)32-17-25(28)26-20-7-6-18-4-3-5-19(18)16-20/h6-16H,3-5,17H2,1-2H3,(H,26,28). The van der Waals surface area contributed by atoms with E-state index in [4.69, 9.17) is 9.47 Å². The van der Waals surface area contributed by atoms with Gasteiger partial charge in [-0.3, -0.25) is 9.10 Å². The Hall–Kier alpha value is -3.52. The van der Waals surface area contributed by atoms with Crippen LogP contribution in [0.25, 0.3) is 0 Å². The average molecular weight is 467 g/mol. The molecule has 8 heteroatoms. The molecule has 33 heavy (non-hydrogen) atoms. The van der Waals surface area contributed by atoms with Crippen molar-refractivity contribution < 1.29 is 22.7 Å². The molecule has 0 radical (unpaired) electrons. The molecular weight excluding hydrogens is 440 g/mol. The van der Waals surface area contributed by atoms with Crippen molar-refractivity contribution in [1.82, 2.24) is 0 Å². The number of hydrogen-bond acceptors (Lipinski definition) is 5. The summed E-state index contributed by atoms with van der Waals surface area (Å²) in [5.74, 6) is 0.799. The fraction of sp³-hybridized carbons (Fsp3) is 0.240. The second-order valence-corrected chi connectivity index (χ2v) is 9.79. The van der Waals surface area contributed by atoms with Crippen LogP contribution in [0.15, 0.2) is 71.6 Å². The number of carbonyl (C=O) groups excluding carboxylic acids is 1. The molecule has 0 aromatic heterocycles. The van der Waals surface area contributed by atoms with E-state index < -0.39 is 10.0 Å². The molecule has 0 atom stereocenters. The molecule has 4 rings (SSSR count). The van der Waals surface area contributed by atoms with E-state index in [0.29, 0.717) is 17.2 Å². The van der Waals surface area contributed by atoms with Crippen LogP contribution in [0.4, 0.5) is 11.4 Å². The summed E-state index contributed by atoms with van der Waals surface area (Å²) in [5.41, 5.74) is 3.88. The molecule has 1 amide bonds. The van der Waals surface area contributed by atoms with Crippen LogP contribution in [-0.2, 0) is 27.7 Å². The smallest absolute Gasteiger partial charge is 0.264 e. The van der Waals surface area contributed by atoms with Crippen molar-refractivity contribution >= 4 is 27.3 Å². The van der Waals surface area contributed by atoms with Gasteiger partial charge in [-0.1, -0.05) is 6.07 Å². The Bertz CT molecular complexity index is 1240. The van der Waals surface area contributed by atoms with Gasteiger partial charge in [0, 0.05) is 12.7 Å². The molecule has 172 valence electrons. The van der Waals surface area contributed by atoms with Gasteiger partial charge in [0.1, 0.15) is 11.5 Å². The molecule has 1 N–H and O–H groups in total. The van der Waals surface area contributed by atoms with Crippen molar-refractivity contribution in [2.24, 2.45) is 0 Å². The minimum atomic E-state index is -3.72. The Labute approximate surface area is 194 Å². The highest BCUT2D eigenvalue weighted by Gasteiger charge is 2.21. The third-order valence-corrected chi connectivity index (χ3v) is 7.47. The second kappa shape index (κ2) is 9.54. The number of sulfonamides is 1. The molecule has 0 aliphatic heterocycles. The van der Waals surface area contributed by atoms with E-state index >= 15 is 0 Å². The van der Waals surface area contributed by atoms with Crippen molar-refractivity contribution in [3.05, 3.63) is 77.9 Å². The first-order valence-corrected chi connectivity index (χ1v) is 12.1. The van der Waals surface area contributed by atoms with Crippen LogP contribution in [0.2, 0.25) is 0 Å². The molecule has 1 aliphatic rings. The van der Waals surface area contributed by atoms with Crippen LogP contribution in [-0.4, -0.2) is 35.1 Å². The number of ether oxygens (including phenoxy) is 2. The molecule has 0 saturated carbocycles. The number of amides is 1. The Morgan fingerprint density at radius 3 is 2.30 bits per heavy atom. The maximum atomic E-state index is 12.9. The fourth-order valence-corrected chi connectivity index (χ4v) is 4.99. The molecule has 0 heterocycles. The van der Waals surface area contributed by atoms with Crippen molar-refractivity contribution in [3.8, 4) is 11.5 Å². The van der Waals surface area contributed by atoms with Crippen LogP contribution in [0.3, 0.4) is 0 Å². The number of fused-ring (bicyclic) bond motifs is 1. The lowest BCUT2D eigenvalue weighted by atomic mass is 10.1. The van der Waals surface area contributed by atoms with Crippen LogP contribution >= 0.6 is 0 Å². The molecule has 0 spiro atoms. The number of carbonyl (C=O) groups is 1. The van der Waals surface area contributed by atoms with Crippen LogP contribution in [0.5, 0.6) is 11.5 Å². The van der Waals surface area contributed by atoms with Gasteiger partial charge >= 0.3 is 0 Å². The van der Waals surface area contributed by atoms with Gasteiger partial charge in [-0.25, -0.2) is 8.42 Å². The van der Waals surface area contributed by atoms with E-state index in [-0.39, 0.29) is 17.4 Å². The second-order valence-electron chi connectivity index (χ2n) is 7.82. The number of rotatable bonds is 8. The maximum Gasteiger partial charge on any atom is 0.264 e. The maximum absolute atomic E-state index is 12.9. The number of methoxy groups -OCH3 is 1. The van der Waals surface area contributed by atoms with E-state index in [9.17, 15) is 13.2 Å². The molecule has 0 saturated heterocycles. The Morgan fingerprint density at radius 1 is 0.939 bits per heavy atom. The minimum Gasteiger partial charge on any atom is -0.497 e. The average Bonchev–Trinajstić information content (AvgIpc) is 3.30. The number of nitrogens with one attached hydrogen (secondary N) is 1. The van der Waals surface area contributed by atoms with E-state index in [1.807, 2.05) is 12.1 Å². The van der Waals surface area contributed by atoms with Crippen molar-refractivity contribution in [1.29, 1.82) is 0 Å². The summed E-state index contributed by atoms with van der Waals surface area (Å²) in [6.07, 6.45) is 3.30. The summed E-state index contributed by atoms with van der Waals surface area (Å²) in [4.78, 5) is 12.4. The van der Waals surface area contributed by atoms with Gasteiger partial charge in [0.05, 0.1) is 17.7 Å². The lowest BCUT2D eigenvalue weighted by molar-refractivity contribution is -0.118. The van der Waals surface area contributed by atoms with Crippen molar-refractivity contribution in [2.45, 2.75) is 24.2 Å². The summed E-state index contributed by atoms with van der Waals surface area (Å²) < 4.78 is 37.6. The summed E-state index contributed by atoms with van der Waals surface area (Å²) in [6.45, 7) is -0.142. The zero-order chi connectivity index (χ0) is 23.4. The van der Waals surface area contributed by atoms with Crippen molar-refractivity contribution in [2.75, 3.05) is 30.4 Å². The summed E-state index contributed by atoms with van der Waals surface area (Å²) in [7, 11) is -0.713. The van der Waals surface area contributed by atoms with Crippen molar-refractivity contribution in [3.63, 3.8) is 0 Å². The predicted octanol–water partition coefficient (Wildman–Crippen LogP) is 4.03. The SMILES string of the molecule is COc1ccc(S(=O)(=O)N(C)c2ccc(OCC(=O)Nc3ccc4c(c3)CCC4)cc2)cc1. The third kappa shape index (κ3) is 5.12. The molecule has 0 fully saturated rings. The predicted molar refractivity (Wildman–Crippen MR) is 128 cm³/mol. The normalized spacial score (nSPS) is 12.7. The van der Waals surface area contributed by atoms with Gasteiger partial charge in [0.25, 0.3) is 15.9 Å².